The molecule has 0 spiro atoms. The summed E-state index contributed by atoms with van der Waals surface area (Å²) in [5.74, 6) is 0.179. The van der Waals surface area contributed by atoms with Crippen LogP contribution in [0.2, 0.25) is 0 Å². The van der Waals surface area contributed by atoms with Crippen molar-refractivity contribution in [3.05, 3.63) is 72.8 Å². The van der Waals surface area contributed by atoms with E-state index >= 15 is 0 Å². The van der Waals surface area contributed by atoms with E-state index in [9.17, 15) is 13.2 Å². The van der Waals surface area contributed by atoms with Crippen LogP contribution in [0, 0.1) is 5.92 Å². The lowest BCUT2D eigenvalue weighted by Gasteiger charge is -2.31. The Hall–Kier alpha value is -3.04. The number of aromatic nitrogens is 3. The van der Waals surface area contributed by atoms with Crippen molar-refractivity contribution in [1.29, 1.82) is 0 Å². The van der Waals surface area contributed by atoms with Crippen LogP contribution >= 0.6 is 0 Å². The highest BCUT2D eigenvalue weighted by Gasteiger charge is 2.29. The van der Waals surface area contributed by atoms with E-state index in [1.54, 1.807) is 22.5 Å². The summed E-state index contributed by atoms with van der Waals surface area (Å²) in [4.78, 5) is 16.2. The molecule has 1 N–H and O–H groups in total. The number of hydrogen-bond acceptors (Lipinski definition) is 5. The summed E-state index contributed by atoms with van der Waals surface area (Å²) in [6, 6.07) is 16.7. The number of piperidine rings is 1. The maximum absolute atomic E-state index is 13.1. The van der Waals surface area contributed by atoms with Crippen molar-refractivity contribution in [3.63, 3.8) is 0 Å². The minimum absolute atomic E-state index is 0.00586. The Balaban J connectivity index is 1.37. The van der Waals surface area contributed by atoms with E-state index in [0.29, 0.717) is 24.7 Å². The summed E-state index contributed by atoms with van der Waals surface area (Å²) in [5.41, 5.74) is 1.73. The van der Waals surface area contributed by atoms with E-state index in [1.807, 2.05) is 18.2 Å². The van der Waals surface area contributed by atoms with Crippen LogP contribution in [0.15, 0.2) is 72.1 Å². The fraction of sp³-hybridized carbons (Fsp3) is 0.318. The Bertz CT molecular complexity index is 1110. The van der Waals surface area contributed by atoms with Crippen LogP contribution in [0.5, 0.6) is 0 Å². The van der Waals surface area contributed by atoms with Crippen LogP contribution in [0.4, 0.5) is 5.69 Å². The highest BCUT2D eigenvalue weighted by atomic mass is 32.2. The maximum Gasteiger partial charge on any atom is 0.246 e. The van der Waals surface area contributed by atoms with Crippen molar-refractivity contribution in [3.8, 4) is 0 Å². The Morgan fingerprint density at radius 2 is 1.84 bits per heavy atom. The average molecular weight is 440 g/mol. The van der Waals surface area contributed by atoms with Crippen LogP contribution in [0.3, 0.4) is 0 Å². The highest BCUT2D eigenvalue weighted by Crippen LogP contribution is 2.27. The molecule has 162 valence electrons. The molecule has 3 aromatic rings. The molecule has 0 radical (unpaired) electrons. The second-order valence-electron chi connectivity index (χ2n) is 7.71. The molecular weight excluding hydrogens is 414 g/mol. The van der Waals surface area contributed by atoms with Gasteiger partial charge in [0.2, 0.25) is 15.9 Å². The predicted molar refractivity (Wildman–Crippen MR) is 117 cm³/mol. The van der Waals surface area contributed by atoms with Gasteiger partial charge in [-0.05, 0) is 48.9 Å². The molecule has 4 rings (SSSR count). The summed E-state index contributed by atoms with van der Waals surface area (Å²) in [6.45, 7) is 1.01. The van der Waals surface area contributed by atoms with Gasteiger partial charge < -0.3 is 5.32 Å². The summed E-state index contributed by atoms with van der Waals surface area (Å²) in [6.07, 6.45) is 5.44. The van der Waals surface area contributed by atoms with Crippen molar-refractivity contribution in [2.45, 2.75) is 30.7 Å². The first-order chi connectivity index (χ1) is 15.0. The van der Waals surface area contributed by atoms with Crippen molar-refractivity contribution >= 4 is 21.6 Å². The van der Waals surface area contributed by atoms with Gasteiger partial charge in [0.25, 0.3) is 0 Å². The summed E-state index contributed by atoms with van der Waals surface area (Å²) in [7, 11) is -3.61. The number of amides is 1. The molecule has 1 saturated heterocycles. The van der Waals surface area contributed by atoms with Gasteiger partial charge in [-0.15, -0.1) is 0 Å². The van der Waals surface area contributed by atoms with Crippen LogP contribution in [0.1, 0.15) is 18.4 Å². The van der Waals surface area contributed by atoms with Gasteiger partial charge in [-0.2, -0.15) is 9.40 Å². The number of carbonyl (C=O) groups is 1. The third-order valence-electron chi connectivity index (χ3n) is 5.47. The molecule has 1 aliphatic rings. The molecule has 2 heterocycles. The van der Waals surface area contributed by atoms with Crippen molar-refractivity contribution in [2.75, 3.05) is 18.4 Å². The summed E-state index contributed by atoms with van der Waals surface area (Å²) in [5, 5.41) is 6.61. The molecule has 1 aliphatic heterocycles. The Morgan fingerprint density at radius 1 is 1.06 bits per heavy atom. The van der Waals surface area contributed by atoms with Crippen LogP contribution in [0.25, 0.3) is 0 Å². The first kappa shape index (κ1) is 21.2. The van der Waals surface area contributed by atoms with Gasteiger partial charge >= 0.3 is 0 Å². The van der Waals surface area contributed by atoms with Gasteiger partial charge in [0.05, 0.1) is 4.90 Å². The fourth-order valence-electron chi connectivity index (χ4n) is 3.85. The van der Waals surface area contributed by atoms with Gasteiger partial charge in [-0.25, -0.2) is 18.1 Å². The Labute approximate surface area is 182 Å². The van der Waals surface area contributed by atoms with E-state index in [1.165, 1.54) is 29.0 Å². The first-order valence-corrected chi connectivity index (χ1v) is 11.7. The number of carbonyl (C=O) groups excluding carboxylic acids is 1. The van der Waals surface area contributed by atoms with Crippen LogP contribution < -0.4 is 5.32 Å². The number of sulfonamides is 1. The molecule has 8 nitrogen and oxygen atoms in total. The molecule has 2 aromatic carbocycles. The highest BCUT2D eigenvalue weighted by molar-refractivity contribution is 7.89. The summed E-state index contributed by atoms with van der Waals surface area (Å²) >= 11 is 0. The third-order valence-corrected chi connectivity index (χ3v) is 7.36. The predicted octanol–water partition coefficient (Wildman–Crippen LogP) is 2.56. The van der Waals surface area contributed by atoms with Crippen molar-refractivity contribution in [1.82, 2.24) is 19.1 Å². The molecule has 31 heavy (non-hydrogen) atoms. The zero-order chi connectivity index (χ0) is 21.7. The van der Waals surface area contributed by atoms with Crippen LogP contribution in [-0.4, -0.2) is 46.5 Å². The number of rotatable bonds is 7. The zero-order valence-electron chi connectivity index (χ0n) is 17.1. The van der Waals surface area contributed by atoms with Gasteiger partial charge in [0.15, 0.2) is 0 Å². The number of nitrogens with one attached hydrogen (secondary N) is 1. The van der Waals surface area contributed by atoms with Gasteiger partial charge in [0.1, 0.15) is 19.2 Å². The lowest BCUT2D eigenvalue weighted by atomic mass is 9.91. The Kier molecular flexibility index (Phi) is 6.43. The normalized spacial score (nSPS) is 15.6. The van der Waals surface area contributed by atoms with Gasteiger partial charge in [-0.3, -0.25) is 4.79 Å². The van der Waals surface area contributed by atoms with E-state index in [4.69, 9.17) is 0 Å². The molecule has 0 bridgehead atoms. The monoisotopic (exact) mass is 439 g/mol. The molecular formula is C22H25N5O3S. The summed E-state index contributed by atoms with van der Waals surface area (Å²) < 4.78 is 29.2. The minimum atomic E-state index is -3.61. The number of nitrogens with zero attached hydrogens (tertiary/aromatic N) is 4. The molecule has 1 amide bonds. The van der Waals surface area contributed by atoms with Gasteiger partial charge in [0, 0.05) is 18.8 Å². The zero-order valence-corrected chi connectivity index (χ0v) is 17.9. The second kappa shape index (κ2) is 9.40. The molecule has 0 atom stereocenters. The van der Waals surface area contributed by atoms with E-state index in [-0.39, 0.29) is 17.3 Å². The largest absolute Gasteiger partial charge is 0.324 e. The lowest BCUT2D eigenvalue weighted by molar-refractivity contribution is -0.116. The average Bonchev–Trinajstić information content (AvgIpc) is 3.28. The number of hydrogen-bond donors (Lipinski definition) is 1. The quantitative estimate of drug-likeness (QED) is 0.610. The van der Waals surface area contributed by atoms with Crippen molar-refractivity contribution < 1.29 is 13.2 Å². The molecule has 0 aliphatic carbocycles. The standard InChI is InChI=1S/C22H25N5O3S/c28-22(15-26-17-23-16-24-26)25-20-7-4-8-21(14-20)31(29,30)27-11-9-19(10-12-27)13-18-5-2-1-3-6-18/h1-8,14,16-17,19H,9-13,15H2,(H,25,28). The fourth-order valence-corrected chi connectivity index (χ4v) is 5.36. The molecule has 0 saturated carbocycles. The first-order valence-electron chi connectivity index (χ1n) is 10.3. The van der Waals surface area contributed by atoms with E-state index in [0.717, 1.165) is 19.3 Å². The lowest BCUT2D eigenvalue weighted by Crippen LogP contribution is -2.38. The molecule has 9 heteroatoms. The molecule has 0 unspecified atom stereocenters. The van der Waals surface area contributed by atoms with E-state index < -0.39 is 10.0 Å². The van der Waals surface area contributed by atoms with Crippen LogP contribution in [-0.2, 0) is 27.8 Å². The number of benzene rings is 2. The van der Waals surface area contributed by atoms with E-state index in [2.05, 4.69) is 27.5 Å². The van der Waals surface area contributed by atoms with Crippen molar-refractivity contribution in [2.24, 2.45) is 5.92 Å². The molecule has 1 aromatic heterocycles. The third kappa shape index (κ3) is 5.36. The maximum atomic E-state index is 13.1. The Morgan fingerprint density at radius 3 is 2.55 bits per heavy atom. The second-order valence-corrected chi connectivity index (χ2v) is 9.64. The topological polar surface area (TPSA) is 97.2 Å². The minimum Gasteiger partial charge on any atom is -0.324 e. The SMILES string of the molecule is O=C(Cn1cncn1)Nc1cccc(S(=O)(=O)N2CCC(Cc3ccccc3)CC2)c1. The number of anilines is 1. The molecule has 1 fully saturated rings. The smallest absolute Gasteiger partial charge is 0.246 e. The van der Waals surface area contributed by atoms with Gasteiger partial charge in [-0.1, -0.05) is 36.4 Å².